The molecule has 168 valence electrons. The molecule has 2 aromatic carbocycles. The fourth-order valence-corrected chi connectivity index (χ4v) is 4.84. The molecule has 0 radical (unpaired) electrons. The summed E-state index contributed by atoms with van der Waals surface area (Å²) in [5.41, 5.74) is 0.849. The molecule has 1 amide bonds. The Labute approximate surface area is 193 Å². The van der Waals surface area contributed by atoms with Crippen molar-refractivity contribution < 1.29 is 14.6 Å². The van der Waals surface area contributed by atoms with Crippen molar-refractivity contribution in [2.45, 2.75) is 56.7 Å². The summed E-state index contributed by atoms with van der Waals surface area (Å²) in [5.74, 6) is 0.743. The van der Waals surface area contributed by atoms with Gasteiger partial charge in [0, 0.05) is 35.8 Å². The van der Waals surface area contributed by atoms with Crippen molar-refractivity contribution in [1.29, 1.82) is 5.26 Å². The largest absolute Gasteiger partial charge is 0.456 e. The van der Waals surface area contributed by atoms with E-state index in [1.54, 1.807) is 42.5 Å². The SMILES string of the molecule is N#Cc1cc(Cl)ccc1Oc1cccc(C(=O)NC2CCN(C3CCCCC3O)CC2)c1. The van der Waals surface area contributed by atoms with E-state index in [9.17, 15) is 15.2 Å². The van der Waals surface area contributed by atoms with Gasteiger partial charge in [-0.2, -0.15) is 5.26 Å². The monoisotopic (exact) mass is 453 g/mol. The molecule has 1 heterocycles. The summed E-state index contributed by atoms with van der Waals surface area (Å²) >= 11 is 5.94. The normalized spacial score (nSPS) is 22.2. The molecule has 2 fully saturated rings. The van der Waals surface area contributed by atoms with E-state index in [1.807, 2.05) is 0 Å². The minimum atomic E-state index is -0.222. The van der Waals surface area contributed by atoms with Crippen LogP contribution in [0, 0.1) is 11.3 Å². The summed E-state index contributed by atoms with van der Waals surface area (Å²) in [7, 11) is 0. The molecule has 1 saturated carbocycles. The van der Waals surface area contributed by atoms with E-state index in [2.05, 4.69) is 16.3 Å². The third-order valence-electron chi connectivity index (χ3n) is 6.41. The van der Waals surface area contributed by atoms with Gasteiger partial charge in [-0.25, -0.2) is 0 Å². The number of aliphatic hydroxyl groups excluding tert-OH is 1. The average molecular weight is 454 g/mol. The van der Waals surface area contributed by atoms with Crippen molar-refractivity contribution in [3.05, 3.63) is 58.6 Å². The summed E-state index contributed by atoms with van der Waals surface area (Å²) in [5, 5.41) is 23.2. The van der Waals surface area contributed by atoms with Gasteiger partial charge >= 0.3 is 0 Å². The smallest absolute Gasteiger partial charge is 0.251 e. The lowest BCUT2D eigenvalue weighted by atomic mass is 9.89. The quantitative estimate of drug-likeness (QED) is 0.696. The lowest BCUT2D eigenvalue weighted by molar-refractivity contribution is 0.00727. The van der Waals surface area contributed by atoms with Gasteiger partial charge in [0.2, 0.25) is 0 Å². The number of aliphatic hydroxyl groups is 1. The number of rotatable bonds is 5. The standard InChI is InChI=1S/C25H28ClN3O3/c26-19-8-9-24(18(14-19)16-27)32-21-5-3-4-17(15-21)25(31)28-20-10-12-29(13-11-20)22-6-1-2-7-23(22)30/h3-5,8-9,14-15,20,22-23,30H,1-2,6-7,10-13H2,(H,28,31). The molecule has 0 aromatic heterocycles. The number of carbonyl (C=O) groups is 1. The Kier molecular flexibility index (Phi) is 7.31. The van der Waals surface area contributed by atoms with Crippen LogP contribution in [-0.4, -0.2) is 47.2 Å². The Morgan fingerprint density at radius 2 is 1.91 bits per heavy atom. The van der Waals surface area contributed by atoms with E-state index in [-0.39, 0.29) is 24.1 Å². The molecule has 2 atom stereocenters. The summed E-state index contributed by atoms with van der Waals surface area (Å²) in [6.07, 6.45) is 5.78. The number of nitrogens with zero attached hydrogens (tertiary/aromatic N) is 2. The topological polar surface area (TPSA) is 85.6 Å². The number of nitriles is 1. The van der Waals surface area contributed by atoms with E-state index in [0.717, 1.165) is 45.2 Å². The van der Waals surface area contributed by atoms with Gasteiger partial charge in [-0.1, -0.05) is 30.5 Å². The second-order valence-corrected chi connectivity index (χ2v) is 9.02. The molecular weight excluding hydrogens is 426 g/mol. The molecule has 7 heteroatoms. The molecule has 2 aliphatic rings. The van der Waals surface area contributed by atoms with E-state index in [4.69, 9.17) is 16.3 Å². The number of hydrogen-bond donors (Lipinski definition) is 2. The molecule has 1 aliphatic carbocycles. The van der Waals surface area contributed by atoms with Crippen molar-refractivity contribution in [2.75, 3.05) is 13.1 Å². The Hall–Kier alpha value is -2.59. The zero-order valence-electron chi connectivity index (χ0n) is 18.0. The molecule has 4 rings (SSSR count). The summed E-state index contributed by atoms with van der Waals surface area (Å²) in [6.45, 7) is 1.78. The molecular formula is C25H28ClN3O3. The molecule has 1 saturated heterocycles. The number of carbonyl (C=O) groups excluding carboxylic acids is 1. The summed E-state index contributed by atoms with van der Waals surface area (Å²) < 4.78 is 5.84. The van der Waals surface area contributed by atoms with Crippen molar-refractivity contribution >= 4 is 17.5 Å². The third-order valence-corrected chi connectivity index (χ3v) is 6.65. The van der Waals surface area contributed by atoms with Crippen LogP contribution in [0.2, 0.25) is 5.02 Å². The average Bonchev–Trinajstić information content (AvgIpc) is 2.81. The molecule has 0 bridgehead atoms. The van der Waals surface area contributed by atoms with Crippen molar-refractivity contribution in [3.63, 3.8) is 0 Å². The van der Waals surface area contributed by atoms with Crippen molar-refractivity contribution in [1.82, 2.24) is 10.2 Å². The lowest BCUT2D eigenvalue weighted by Gasteiger charge is -2.41. The molecule has 2 unspecified atom stereocenters. The summed E-state index contributed by atoms with van der Waals surface area (Å²) in [6, 6.07) is 14.2. The molecule has 0 spiro atoms. The molecule has 2 aromatic rings. The van der Waals surface area contributed by atoms with Gasteiger partial charge in [0.15, 0.2) is 0 Å². The molecule has 32 heavy (non-hydrogen) atoms. The van der Waals surface area contributed by atoms with Gasteiger partial charge in [0.05, 0.1) is 11.7 Å². The lowest BCUT2D eigenvalue weighted by Crippen LogP contribution is -2.52. The number of piperidine rings is 1. The maximum Gasteiger partial charge on any atom is 0.251 e. The fraction of sp³-hybridized carbons (Fsp3) is 0.440. The Morgan fingerprint density at radius 1 is 1.12 bits per heavy atom. The number of ether oxygens (including phenoxy) is 1. The first-order valence-corrected chi connectivity index (χ1v) is 11.6. The number of hydrogen-bond acceptors (Lipinski definition) is 5. The number of halogens is 1. The zero-order valence-corrected chi connectivity index (χ0v) is 18.7. The van der Waals surface area contributed by atoms with Gasteiger partial charge < -0.3 is 15.2 Å². The predicted octanol–water partition coefficient (Wildman–Crippen LogP) is 4.50. The Balaban J connectivity index is 1.34. The molecule has 6 nitrogen and oxygen atoms in total. The van der Waals surface area contributed by atoms with Gasteiger partial charge in [-0.05, 0) is 62.1 Å². The van der Waals surface area contributed by atoms with Gasteiger partial charge in [-0.15, -0.1) is 0 Å². The molecule has 1 aliphatic heterocycles. The first kappa shape index (κ1) is 22.6. The van der Waals surface area contributed by atoms with Crippen molar-refractivity contribution in [2.24, 2.45) is 0 Å². The number of amides is 1. The van der Waals surface area contributed by atoms with Crippen LogP contribution in [0.5, 0.6) is 11.5 Å². The molecule has 2 N–H and O–H groups in total. The van der Waals surface area contributed by atoms with Crippen LogP contribution in [0.1, 0.15) is 54.4 Å². The second kappa shape index (κ2) is 10.4. The van der Waals surface area contributed by atoms with Crippen LogP contribution >= 0.6 is 11.6 Å². The summed E-state index contributed by atoms with van der Waals surface area (Å²) in [4.78, 5) is 15.2. The minimum absolute atomic E-state index is 0.116. The fourth-order valence-electron chi connectivity index (χ4n) is 4.67. The third kappa shape index (κ3) is 5.42. The second-order valence-electron chi connectivity index (χ2n) is 8.59. The number of nitrogens with one attached hydrogen (secondary N) is 1. The van der Waals surface area contributed by atoms with Crippen LogP contribution in [0.15, 0.2) is 42.5 Å². The first-order valence-electron chi connectivity index (χ1n) is 11.2. The highest BCUT2D eigenvalue weighted by Gasteiger charge is 2.31. The first-order chi connectivity index (χ1) is 15.5. The maximum atomic E-state index is 12.8. The Morgan fingerprint density at radius 3 is 2.66 bits per heavy atom. The van der Waals surface area contributed by atoms with E-state index >= 15 is 0 Å². The predicted molar refractivity (Wildman–Crippen MR) is 123 cm³/mol. The maximum absolute atomic E-state index is 12.8. The highest BCUT2D eigenvalue weighted by atomic mass is 35.5. The van der Waals surface area contributed by atoms with E-state index < -0.39 is 0 Å². The van der Waals surface area contributed by atoms with Crippen LogP contribution in [0.25, 0.3) is 0 Å². The van der Waals surface area contributed by atoms with E-state index in [1.165, 1.54) is 6.42 Å². The highest BCUT2D eigenvalue weighted by Crippen LogP contribution is 2.29. The van der Waals surface area contributed by atoms with Crippen molar-refractivity contribution in [3.8, 4) is 17.6 Å². The van der Waals surface area contributed by atoms with E-state index in [0.29, 0.717) is 27.6 Å². The van der Waals surface area contributed by atoms with Gasteiger partial charge in [-0.3, -0.25) is 9.69 Å². The number of benzene rings is 2. The highest BCUT2D eigenvalue weighted by molar-refractivity contribution is 6.30. The zero-order chi connectivity index (χ0) is 22.5. The van der Waals surface area contributed by atoms with Crippen LogP contribution in [-0.2, 0) is 0 Å². The van der Waals surface area contributed by atoms with Gasteiger partial charge in [0.25, 0.3) is 5.91 Å². The minimum Gasteiger partial charge on any atom is -0.456 e. The van der Waals surface area contributed by atoms with Crippen LogP contribution < -0.4 is 10.1 Å². The Bertz CT molecular complexity index is 998. The van der Waals surface area contributed by atoms with Gasteiger partial charge in [0.1, 0.15) is 17.6 Å². The van der Waals surface area contributed by atoms with Crippen LogP contribution in [0.4, 0.5) is 0 Å². The number of likely N-dealkylation sites (tertiary alicyclic amines) is 1. The van der Waals surface area contributed by atoms with Crippen LogP contribution in [0.3, 0.4) is 0 Å².